The average molecular weight is 578 g/mol. The van der Waals surface area contributed by atoms with Gasteiger partial charge in [0.15, 0.2) is 0 Å². The fourth-order valence-corrected chi connectivity index (χ4v) is 7.55. The van der Waals surface area contributed by atoms with Crippen molar-refractivity contribution in [3.05, 3.63) is 94.0 Å². The zero-order valence-corrected chi connectivity index (χ0v) is 25.8. The van der Waals surface area contributed by atoms with Crippen molar-refractivity contribution in [2.24, 2.45) is 5.92 Å². The van der Waals surface area contributed by atoms with Gasteiger partial charge in [0, 0.05) is 31.5 Å². The van der Waals surface area contributed by atoms with Crippen LogP contribution in [0.5, 0.6) is 5.75 Å². The highest BCUT2D eigenvalue weighted by molar-refractivity contribution is 7.89. The van der Waals surface area contributed by atoms with Gasteiger partial charge in [-0.3, -0.25) is 4.79 Å². The van der Waals surface area contributed by atoms with Crippen LogP contribution < -0.4 is 14.8 Å². The summed E-state index contributed by atoms with van der Waals surface area (Å²) in [5.74, 6) is 1.16. The first-order valence-electron chi connectivity index (χ1n) is 14.3. The second kappa shape index (κ2) is 13.2. The second-order valence-electron chi connectivity index (χ2n) is 11.7. The molecule has 3 aromatic carbocycles. The zero-order chi connectivity index (χ0) is 29.7. The molecule has 3 aromatic rings. The molecule has 0 saturated heterocycles. The van der Waals surface area contributed by atoms with E-state index in [4.69, 9.17) is 4.74 Å². The van der Waals surface area contributed by atoms with E-state index in [2.05, 4.69) is 48.0 Å². The number of carbonyl (C=O) groups excluding carboxylic acids is 1. The smallest absolute Gasteiger partial charge is 0.241 e. The molecule has 2 atom stereocenters. The summed E-state index contributed by atoms with van der Waals surface area (Å²) in [5.41, 5.74) is 5.21. The average Bonchev–Trinajstić information content (AvgIpc) is 2.87. The van der Waals surface area contributed by atoms with Crippen molar-refractivity contribution in [1.82, 2.24) is 14.9 Å². The van der Waals surface area contributed by atoms with Crippen LogP contribution in [-0.2, 0) is 21.4 Å². The number of rotatable bonds is 11. The third-order valence-electron chi connectivity index (χ3n) is 7.34. The van der Waals surface area contributed by atoms with Gasteiger partial charge in [0.25, 0.3) is 0 Å². The minimum Gasteiger partial charge on any atom is -0.493 e. The van der Waals surface area contributed by atoms with Crippen LogP contribution in [0.2, 0.25) is 0 Å². The minimum absolute atomic E-state index is 0.0298. The molecule has 2 unspecified atom stereocenters. The summed E-state index contributed by atoms with van der Waals surface area (Å²) >= 11 is 0. The van der Waals surface area contributed by atoms with Crippen LogP contribution in [0.1, 0.15) is 72.2 Å². The third kappa shape index (κ3) is 7.97. The van der Waals surface area contributed by atoms with Crippen LogP contribution in [0.4, 0.5) is 0 Å². The Kier molecular flexibility index (Phi) is 9.89. The monoisotopic (exact) mass is 577 g/mol. The van der Waals surface area contributed by atoms with Gasteiger partial charge in [-0.05, 0) is 62.1 Å². The summed E-state index contributed by atoms with van der Waals surface area (Å²) in [4.78, 5) is 16.0. The van der Waals surface area contributed by atoms with Crippen molar-refractivity contribution in [3.8, 4) is 5.75 Å². The fourth-order valence-electron chi connectivity index (χ4n) is 5.87. The van der Waals surface area contributed by atoms with Gasteiger partial charge in [-0.1, -0.05) is 74.0 Å². The first-order valence-corrected chi connectivity index (χ1v) is 15.8. The number of sulfonamides is 1. The number of benzene rings is 3. The van der Waals surface area contributed by atoms with Gasteiger partial charge < -0.3 is 15.0 Å². The van der Waals surface area contributed by atoms with Crippen molar-refractivity contribution in [1.29, 1.82) is 0 Å². The van der Waals surface area contributed by atoms with Gasteiger partial charge >= 0.3 is 0 Å². The van der Waals surface area contributed by atoms with E-state index in [0.717, 1.165) is 35.5 Å². The van der Waals surface area contributed by atoms with Gasteiger partial charge in [-0.2, -0.15) is 0 Å². The second-order valence-corrected chi connectivity index (χ2v) is 13.4. The number of nitrogens with one attached hydrogen (secondary N) is 2. The lowest BCUT2D eigenvalue weighted by molar-refractivity contribution is -0.122. The predicted octanol–water partition coefficient (Wildman–Crippen LogP) is 5.75. The van der Waals surface area contributed by atoms with E-state index in [1.165, 1.54) is 5.56 Å². The lowest BCUT2D eigenvalue weighted by Crippen LogP contribution is -2.37. The van der Waals surface area contributed by atoms with E-state index >= 15 is 0 Å². The third-order valence-corrected chi connectivity index (χ3v) is 9.12. The lowest BCUT2D eigenvalue weighted by Gasteiger charge is -2.28. The molecule has 1 aliphatic rings. The lowest BCUT2D eigenvalue weighted by atomic mass is 9.97. The Morgan fingerprint density at radius 3 is 2.37 bits per heavy atom. The predicted molar refractivity (Wildman–Crippen MR) is 163 cm³/mol. The number of fused-ring (bicyclic) bond motifs is 1. The van der Waals surface area contributed by atoms with E-state index in [0.29, 0.717) is 30.1 Å². The molecule has 0 spiro atoms. The standard InChI is InChI=1S/C33H43N3O4S/c1-22(2)20-36(6)21-26-12-13-28-29(14-15-40-31(28)18-26)34-32(37)19-30(27-10-8-7-9-11-27)35-41(38,39)33-24(4)16-23(3)17-25(33)5/h7-13,16-18,22,29-30,35H,14-15,19-21H2,1-6H3,(H,34,37). The Labute approximate surface area is 245 Å². The molecule has 0 aromatic heterocycles. The van der Waals surface area contributed by atoms with Gasteiger partial charge in [-0.15, -0.1) is 0 Å². The molecule has 7 nitrogen and oxygen atoms in total. The molecule has 8 heteroatoms. The van der Waals surface area contributed by atoms with Crippen molar-refractivity contribution >= 4 is 15.9 Å². The first kappa shape index (κ1) is 30.8. The van der Waals surface area contributed by atoms with Gasteiger partial charge in [0.1, 0.15) is 5.75 Å². The Morgan fingerprint density at radius 1 is 1.02 bits per heavy atom. The Hall–Kier alpha value is -3.20. The van der Waals surface area contributed by atoms with Crippen LogP contribution in [-0.4, -0.2) is 39.4 Å². The molecular formula is C33H43N3O4S. The molecule has 4 rings (SSSR count). The molecule has 0 fully saturated rings. The quantitative estimate of drug-likeness (QED) is 0.303. The Balaban J connectivity index is 1.51. The van der Waals surface area contributed by atoms with Gasteiger partial charge in [0.2, 0.25) is 15.9 Å². The maximum Gasteiger partial charge on any atom is 0.241 e. The molecule has 0 aliphatic carbocycles. The highest BCUT2D eigenvalue weighted by atomic mass is 32.2. The van der Waals surface area contributed by atoms with Gasteiger partial charge in [0.05, 0.1) is 23.6 Å². The Morgan fingerprint density at radius 2 is 1.71 bits per heavy atom. The van der Waals surface area contributed by atoms with Crippen molar-refractivity contribution < 1.29 is 17.9 Å². The molecule has 1 aliphatic heterocycles. The maximum atomic E-state index is 13.6. The summed E-state index contributed by atoms with van der Waals surface area (Å²) in [5, 5.41) is 3.15. The number of hydrogen-bond acceptors (Lipinski definition) is 5. The zero-order valence-electron chi connectivity index (χ0n) is 25.0. The fraction of sp³-hybridized carbons (Fsp3) is 0.424. The molecule has 220 valence electrons. The molecule has 0 bridgehead atoms. The number of amides is 1. The van der Waals surface area contributed by atoms with Gasteiger partial charge in [-0.25, -0.2) is 13.1 Å². The topological polar surface area (TPSA) is 87.7 Å². The SMILES string of the molecule is Cc1cc(C)c(S(=O)(=O)NC(CC(=O)NC2CCOc3cc(CN(C)CC(C)C)ccc32)c2ccccc2)c(C)c1. The summed E-state index contributed by atoms with van der Waals surface area (Å²) in [6.07, 6.45) is 0.618. The van der Waals surface area contributed by atoms with Crippen LogP contribution >= 0.6 is 0 Å². The van der Waals surface area contributed by atoms with E-state index < -0.39 is 16.1 Å². The molecule has 0 radical (unpaired) electrons. The summed E-state index contributed by atoms with van der Waals surface area (Å²) in [6.45, 7) is 12.3. The van der Waals surface area contributed by atoms with E-state index in [1.807, 2.05) is 55.5 Å². The summed E-state index contributed by atoms with van der Waals surface area (Å²) in [7, 11) is -1.78. The van der Waals surface area contributed by atoms with E-state index in [1.54, 1.807) is 13.8 Å². The van der Waals surface area contributed by atoms with Crippen LogP contribution in [0.25, 0.3) is 0 Å². The van der Waals surface area contributed by atoms with E-state index in [9.17, 15) is 13.2 Å². The van der Waals surface area contributed by atoms with Crippen molar-refractivity contribution in [2.45, 2.75) is 71.0 Å². The number of nitrogens with zero attached hydrogens (tertiary/aromatic N) is 1. The Bertz CT molecular complexity index is 1450. The van der Waals surface area contributed by atoms with Crippen molar-refractivity contribution in [2.75, 3.05) is 20.2 Å². The molecule has 1 amide bonds. The number of ether oxygens (including phenoxy) is 1. The van der Waals surface area contributed by atoms with Crippen LogP contribution in [0.3, 0.4) is 0 Å². The van der Waals surface area contributed by atoms with Crippen LogP contribution in [0.15, 0.2) is 65.6 Å². The highest BCUT2D eigenvalue weighted by Crippen LogP contribution is 2.34. The molecule has 2 N–H and O–H groups in total. The minimum atomic E-state index is -3.89. The normalized spacial score (nSPS) is 15.9. The molecular weight excluding hydrogens is 534 g/mol. The summed E-state index contributed by atoms with van der Waals surface area (Å²) < 4.78 is 36.0. The number of aryl methyl sites for hydroxylation is 3. The molecule has 0 saturated carbocycles. The van der Waals surface area contributed by atoms with Crippen LogP contribution in [0, 0.1) is 26.7 Å². The number of carbonyl (C=O) groups is 1. The highest BCUT2D eigenvalue weighted by Gasteiger charge is 2.29. The van der Waals surface area contributed by atoms with Crippen molar-refractivity contribution in [3.63, 3.8) is 0 Å². The summed E-state index contributed by atoms with van der Waals surface area (Å²) in [6, 6.07) is 18.3. The maximum absolute atomic E-state index is 13.6. The number of hydrogen-bond donors (Lipinski definition) is 2. The largest absolute Gasteiger partial charge is 0.493 e. The first-order chi connectivity index (χ1) is 19.4. The molecule has 41 heavy (non-hydrogen) atoms. The van der Waals surface area contributed by atoms with E-state index in [-0.39, 0.29) is 23.3 Å². The molecule has 1 heterocycles.